The molecule has 4 heteroatoms. The summed E-state index contributed by atoms with van der Waals surface area (Å²) in [7, 11) is 1.64. The summed E-state index contributed by atoms with van der Waals surface area (Å²) in [6, 6.07) is -0.0845. The number of hydrogen-bond donors (Lipinski definition) is 2. The van der Waals surface area contributed by atoms with Gasteiger partial charge in [0.1, 0.15) is 6.04 Å². The summed E-state index contributed by atoms with van der Waals surface area (Å²) in [4.78, 5) is 14.7. The van der Waals surface area contributed by atoms with Gasteiger partial charge in [0, 0.05) is 7.05 Å². The van der Waals surface area contributed by atoms with E-state index in [2.05, 4.69) is 15.6 Å². The maximum atomic E-state index is 10.9. The van der Waals surface area contributed by atoms with Gasteiger partial charge in [-0.25, -0.2) is 0 Å². The van der Waals surface area contributed by atoms with Gasteiger partial charge in [0.15, 0.2) is 5.96 Å². The number of nitrogens with zero attached hydrogens (tertiary/aromatic N) is 1. The van der Waals surface area contributed by atoms with Crippen molar-refractivity contribution in [2.75, 3.05) is 7.05 Å². The van der Waals surface area contributed by atoms with Crippen LogP contribution in [0, 0.1) is 0 Å². The van der Waals surface area contributed by atoms with Crippen molar-refractivity contribution >= 4 is 11.9 Å². The molecule has 0 radical (unpaired) electrons. The lowest BCUT2D eigenvalue weighted by Gasteiger charge is -2.00. The van der Waals surface area contributed by atoms with E-state index in [4.69, 9.17) is 0 Å². The average molecular weight is 141 g/mol. The topological polar surface area (TPSA) is 53.5 Å². The van der Waals surface area contributed by atoms with Crippen LogP contribution in [-0.2, 0) is 4.79 Å². The predicted octanol–water partition coefficient (Wildman–Crippen LogP) is -0.530. The normalized spacial score (nSPS) is 28.4. The van der Waals surface area contributed by atoms with Crippen molar-refractivity contribution in [3.8, 4) is 0 Å². The quantitative estimate of drug-likeness (QED) is 0.515. The van der Waals surface area contributed by atoms with Crippen LogP contribution in [0.2, 0.25) is 0 Å². The van der Waals surface area contributed by atoms with Crippen LogP contribution in [0.4, 0.5) is 0 Å². The van der Waals surface area contributed by atoms with E-state index in [1.807, 2.05) is 6.92 Å². The van der Waals surface area contributed by atoms with E-state index in [0.717, 1.165) is 6.42 Å². The molecule has 1 atom stereocenters. The van der Waals surface area contributed by atoms with Crippen molar-refractivity contribution in [1.82, 2.24) is 10.6 Å². The summed E-state index contributed by atoms with van der Waals surface area (Å²) in [5.74, 6) is 0.597. The second-order valence-electron chi connectivity index (χ2n) is 2.17. The van der Waals surface area contributed by atoms with E-state index >= 15 is 0 Å². The third-order valence-electron chi connectivity index (χ3n) is 1.50. The highest BCUT2D eigenvalue weighted by molar-refractivity contribution is 6.06. The van der Waals surface area contributed by atoms with Gasteiger partial charge in [-0.2, -0.15) is 0 Å². The van der Waals surface area contributed by atoms with Gasteiger partial charge in [-0.3, -0.25) is 15.1 Å². The number of carbonyl (C=O) groups is 1. The van der Waals surface area contributed by atoms with Crippen molar-refractivity contribution in [2.24, 2.45) is 4.99 Å². The highest BCUT2D eigenvalue weighted by atomic mass is 16.2. The summed E-state index contributed by atoms with van der Waals surface area (Å²) < 4.78 is 0. The van der Waals surface area contributed by atoms with E-state index in [9.17, 15) is 4.79 Å². The molecule has 1 rings (SSSR count). The molecular formula is C6H11N3O. The molecule has 2 N–H and O–H groups in total. The molecule has 1 fully saturated rings. The lowest BCUT2D eigenvalue weighted by Crippen LogP contribution is -2.28. The Bertz CT molecular complexity index is 176. The van der Waals surface area contributed by atoms with Gasteiger partial charge in [0.05, 0.1) is 0 Å². The molecule has 56 valence electrons. The Hall–Kier alpha value is -1.06. The van der Waals surface area contributed by atoms with E-state index in [0.29, 0.717) is 5.96 Å². The van der Waals surface area contributed by atoms with Gasteiger partial charge in [-0.05, 0) is 6.42 Å². The van der Waals surface area contributed by atoms with Crippen molar-refractivity contribution < 1.29 is 4.79 Å². The summed E-state index contributed by atoms with van der Waals surface area (Å²) >= 11 is 0. The third-order valence-corrected chi connectivity index (χ3v) is 1.50. The minimum atomic E-state index is -0.0845. The molecule has 0 spiro atoms. The third kappa shape index (κ3) is 1.10. The fourth-order valence-corrected chi connectivity index (χ4v) is 0.878. The van der Waals surface area contributed by atoms with E-state index in [-0.39, 0.29) is 11.9 Å². The molecule has 0 bridgehead atoms. The first-order chi connectivity index (χ1) is 4.77. The Kier molecular flexibility index (Phi) is 1.89. The second kappa shape index (κ2) is 2.68. The lowest BCUT2D eigenvalue weighted by atomic mass is 10.2. The van der Waals surface area contributed by atoms with Crippen LogP contribution in [0.25, 0.3) is 0 Å². The maximum Gasteiger partial charge on any atom is 0.249 e. The monoisotopic (exact) mass is 141 g/mol. The van der Waals surface area contributed by atoms with Gasteiger partial charge in [0.2, 0.25) is 5.91 Å². The first kappa shape index (κ1) is 7.05. The number of nitrogens with one attached hydrogen (secondary N) is 2. The summed E-state index contributed by atoms with van der Waals surface area (Å²) in [5.41, 5.74) is 0. The van der Waals surface area contributed by atoms with Gasteiger partial charge >= 0.3 is 0 Å². The maximum absolute atomic E-state index is 10.9. The van der Waals surface area contributed by atoms with Crippen molar-refractivity contribution in [2.45, 2.75) is 19.4 Å². The van der Waals surface area contributed by atoms with Crippen LogP contribution in [0.3, 0.4) is 0 Å². The van der Waals surface area contributed by atoms with Crippen LogP contribution < -0.4 is 10.6 Å². The molecule has 0 saturated carbocycles. The van der Waals surface area contributed by atoms with Crippen molar-refractivity contribution in [1.29, 1.82) is 0 Å². The Balaban J connectivity index is 2.61. The number of carbonyl (C=O) groups excluding carboxylic acids is 1. The standard InChI is InChI=1S/C6H11N3O/c1-3-4-5(10)9-6(7-2)8-4/h4H,3H2,1-2H3,(H2,7,8,9,10). The Labute approximate surface area is 59.7 Å². The fourth-order valence-electron chi connectivity index (χ4n) is 0.878. The predicted molar refractivity (Wildman–Crippen MR) is 38.7 cm³/mol. The molecule has 0 aromatic rings. The van der Waals surface area contributed by atoms with Crippen LogP contribution >= 0.6 is 0 Å². The molecule has 0 aliphatic carbocycles. The number of hydrogen-bond acceptors (Lipinski definition) is 2. The minimum Gasteiger partial charge on any atom is -0.344 e. The molecule has 1 aliphatic heterocycles. The van der Waals surface area contributed by atoms with E-state index < -0.39 is 0 Å². The average Bonchev–Trinajstić information content (AvgIpc) is 2.30. The van der Waals surface area contributed by atoms with Crippen LogP contribution in [-0.4, -0.2) is 25.0 Å². The molecule has 0 aromatic carbocycles. The fraction of sp³-hybridized carbons (Fsp3) is 0.667. The smallest absolute Gasteiger partial charge is 0.249 e. The molecular weight excluding hydrogens is 130 g/mol. The molecule has 4 nitrogen and oxygen atoms in total. The Morgan fingerprint density at radius 2 is 2.40 bits per heavy atom. The molecule has 1 amide bonds. The number of amides is 1. The second-order valence-corrected chi connectivity index (χ2v) is 2.17. The molecule has 1 aliphatic rings. The minimum absolute atomic E-state index is 0.0168. The highest BCUT2D eigenvalue weighted by Gasteiger charge is 2.25. The Morgan fingerprint density at radius 1 is 1.70 bits per heavy atom. The SMILES string of the molecule is CCC1NC(=NC)NC1=O. The van der Waals surface area contributed by atoms with E-state index in [1.54, 1.807) is 7.05 Å². The number of guanidine groups is 1. The van der Waals surface area contributed by atoms with E-state index in [1.165, 1.54) is 0 Å². The molecule has 10 heavy (non-hydrogen) atoms. The lowest BCUT2D eigenvalue weighted by molar-refractivity contribution is -0.120. The zero-order chi connectivity index (χ0) is 7.56. The molecule has 1 saturated heterocycles. The van der Waals surface area contributed by atoms with Crippen molar-refractivity contribution in [3.63, 3.8) is 0 Å². The number of aliphatic imine (C=N–C) groups is 1. The first-order valence-electron chi connectivity index (χ1n) is 3.32. The van der Waals surface area contributed by atoms with Crippen molar-refractivity contribution in [3.05, 3.63) is 0 Å². The highest BCUT2D eigenvalue weighted by Crippen LogP contribution is 1.96. The van der Waals surface area contributed by atoms with Crippen LogP contribution in [0.5, 0.6) is 0 Å². The van der Waals surface area contributed by atoms with Gasteiger partial charge in [-0.15, -0.1) is 0 Å². The Morgan fingerprint density at radius 3 is 2.70 bits per heavy atom. The van der Waals surface area contributed by atoms with Crippen LogP contribution in [0.15, 0.2) is 4.99 Å². The molecule has 0 aromatic heterocycles. The summed E-state index contributed by atoms with van der Waals surface area (Å²) in [6.45, 7) is 1.95. The number of rotatable bonds is 1. The largest absolute Gasteiger partial charge is 0.344 e. The van der Waals surface area contributed by atoms with Gasteiger partial charge in [-0.1, -0.05) is 6.92 Å². The molecule has 1 unspecified atom stereocenters. The summed E-state index contributed by atoms with van der Waals surface area (Å²) in [5, 5.41) is 5.53. The summed E-state index contributed by atoms with van der Waals surface area (Å²) in [6.07, 6.45) is 0.796. The van der Waals surface area contributed by atoms with Crippen LogP contribution in [0.1, 0.15) is 13.3 Å². The van der Waals surface area contributed by atoms with Gasteiger partial charge < -0.3 is 5.32 Å². The molecule has 1 heterocycles. The zero-order valence-electron chi connectivity index (χ0n) is 6.14. The first-order valence-corrected chi connectivity index (χ1v) is 3.32. The zero-order valence-corrected chi connectivity index (χ0v) is 6.14. The van der Waals surface area contributed by atoms with Gasteiger partial charge in [0.25, 0.3) is 0 Å².